The second-order valence-corrected chi connectivity index (χ2v) is 20.2. The molecule has 0 spiro atoms. The maximum absolute atomic E-state index is 12.9. The third-order valence-electron chi connectivity index (χ3n) is 13.0. The van der Waals surface area contributed by atoms with Gasteiger partial charge in [-0.3, -0.25) is 14.4 Å². The Balaban J connectivity index is 4.46. The van der Waals surface area contributed by atoms with E-state index in [1.165, 1.54) is 135 Å². The fourth-order valence-electron chi connectivity index (χ4n) is 8.37. The predicted octanol–water partition coefficient (Wildman–Crippen LogP) is 20.9. The van der Waals surface area contributed by atoms with Gasteiger partial charge in [0.1, 0.15) is 13.2 Å². The van der Waals surface area contributed by atoms with Crippen LogP contribution in [0.15, 0.2) is 97.2 Å². The molecular formula is C67H114O6. The number of hydrogen-bond acceptors (Lipinski definition) is 6. The molecule has 0 bridgehead atoms. The third kappa shape index (κ3) is 59.1. The first-order chi connectivity index (χ1) is 36.0. The summed E-state index contributed by atoms with van der Waals surface area (Å²) in [5, 5.41) is 0. The smallest absolute Gasteiger partial charge is 0.306 e. The molecule has 418 valence electrons. The molecule has 0 aromatic heterocycles. The summed E-state index contributed by atoms with van der Waals surface area (Å²) in [5.74, 6) is -0.918. The van der Waals surface area contributed by atoms with Crippen molar-refractivity contribution in [2.24, 2.45) is 0 Å². The van der Waals surface area contributed by atoms with Crippen LogP contribution in [0.2, 0.25) is 0 Å². The predicted molar refractivity (Wildman–Crippen MR) is 316 cm³/mol. The number of rotatable bonds is 55. The molecule has 6 heteroatoms. The molecule has 0 saturated carbocycles. The van der Waals surface area contributed by atoms with Crippen LogP contribution in [0.4, 0.5) is 0 Å². The fourth-order valence-corrected chi connectivity index (χ4v) is 8.37. The summed E-state index contributed by atoms with van der Waals surface area (Å²) in [7, 11) is 0. The Hall–Kier alpha value is -3.67. The van der Waals surface area contributed by atoms with Crippen LogP contribution < -0.4 is 0 Å². The molecule has 73 heavy (non-hydrogen) atoms. The molecule has 0 heterocycles. The summed E-state index contributed by atoms with van der Waals surface area (Å²) in [6, 6.07) is 0. The number of esters is 3. The van der Waals surface area contributed by atoms with Gasteiger partial charge in [-0.2, -0.15) is 0 Å². The van der Waals surface area contributed by atoms with Gasteiger partial charge in [0.25, 0.3) is 0 Å². The van der Waals surface area contributed by atoms with Gasteiger partial charge in [-0.25, -0.2) is 0 Å². The molecule has 0 aromatic carbocycles. The van der Waals surface area contributed by atoms with E-state index in [1.807, 2.05) is 0 Å². The summed E-state index contributed by atoms with van der Waals surface area (Å²) >= 11 is 0. The maximum atomic E-state index is 12.9. The second kappa shape index (κ2) is 60.9. The highest BCUT2D eigenvalue weighted by Crippen LogP contribution is 2.15. The van der Waals surface area contributed by atoms with Crippen molar-refractivity contribution in [1.29, 1.82) is 0 Å². The molecule has 0 amide bonds. The summed E-state index contributed by atoms with van der Waals surface area (Å²) < 4.78 is 16.9. The monoisotopic (exact) mass is 1010 g/mol. The molecular weight excluding hydrogens is 901 g/mol. The van der Waals surface area contributed by atoms with Crippen LogP contribution in [0.3, 0.4) is 0 Å². The van der Waals surface area contributed by atoms with Crippen LogP contribution in [0.25, 0.3) is 0 Å². The lowest BCUT2D eigenvalue weighted by molar-refractivity contribution is -0.167. The summed E-state index contributed by atoms with van der Waals surface area (Å²) in [6.45, 7) is 6.55. The van der Waals surface area contributed by atoms with Gasteiger partial charge < -0.3 is 14.2 Å². The lowest BCUT2D eigenvalue weighted by Crippen LogP contribution is -2.30. The van der Waals surface area contributed by atoms with Gasteiger partial charge in [-0.05, 0) is 128 Å². The van der Waals surface area contributed by atoms with Crippen molar-refractivity contribution in [1.82, 2.24) is 0 Å². The molecule has 0 radical (unpaired) electrons. The average Bonchev–Trinajstić information content (AvgIpc) is 3.39. The molecule has 6 nitrogen and oxygen atoms in total. The minimum absolute atomic E-state index is 0.0917. The summed E-state index contributed by atoms with van der Waals surface area (Å²) in [4.78, 5) is 38.3. The van der Waals surface area contributed by atoms with E-state index in [0.717, 1.165) is 116 Å². The van der Waals surface area contributed by atoms with Crippen LogP contribution in [0, 0.1) is 0 Å². The SMILES string of the molecule is CCCCC/C=C\C/C=C\C/C=C\CCCCCCCCC(=O)OC[C@@H](COC(=O)CCCCCCCCC/C=C\C/C=C\CCCCC)OC(=O)CCCCCCCC/C=C\C/C=C\C/C=C\CCCCC. The van der Waals surface area contributed by atoms with Gasteiger partial charge in [0.2, 0.25) is 0 Å². The Labute approximate surface area is 451 Å². The van der Waals surface area contributed by atoms with Gasteiger partial charge >= 0.3 is 17.9 Å². The number of allylic oxidation sites excluding steroid dienone is 16. The molecule has 0 saturated heterocycles. The van der Waals surface area contributed by atoms with Crippen molar-refractivity contribution in [3.05, 3.63) is 97.2 Å². The lowest BCUT2D eigenvalue weighted by atomic mass is 10.1. The Morgan fingerprint density at radius 1 is 0.274 bits per heavy atom. The van der Waals surface area contributed by atoms with E-state index in [0.29, 0.717) is 19.3 Å². The lowest BCUT2D eigenvalue weighted by Gasteiger charge is -2.18. The Bertz CT molecular complexity index is 1440. The quantitative estimate of drug-likeness (QED) is 0.0261. The standard InChI is InChI=1S/C67H114O6/c1-4-7-10-13-16-19-22-25-28-31-33-36-39-42-45-48-51-54-57-60-66(69)72-63-64(62-71-65(68)59-56-53-50-47-44-41-38-35-30-27-24-21-18-15-12-9-6-3)73-67(70)61-58-55-52-49-46-43-40-37-34-32-29-26-23-20-17-14-11-8-5-2/h16-21,25-30,33-34,36-37,64H,4-15,22-24,31-32,35,38-63H2,1-3H3/b19-16-,20-17-,21-18-,28-25-,29-26-,30-27-,36-33-,37-34-/t64-/m1/s1. The number of carbonyl (C=O) groups is 3. The zero-order valence-electron chi connectivity index (χ0n) is 47.9. The van der Waals surface area contributed by atoms with Crippen molar-refractivity contribution in [3.8, 4) is 0 Å². The number of unbranched alkanes of at least 4 members (excludes halogenated alkanes) is 28. The Kier molecular flexibility index (Phi) is 57.8. The van der Waals surface area contributed by atoms with Crippen molar-refractivity contribution in [3.63, 3.8) is 0 Å². The van der Waals surface area contributed by atoms with Crippen molar-refractivity contribution < 1.29 is 28.6 Å². The number of hydrogen-bond donors (Lipinski definition) is 0. The maximum Gasteiger partial charge on any atom is 0.306 e. The largest absolute Gasteiger partial charge is 0.462 e. The van der Waals surface area contributed by atoms with Gasteiger partial charge in [-0.1, -0.05) is 240 Å². The summed E-state index contributed by atoms with van der Waals surface area (Å²) in [5.41, 5.74) is 0. The molecule has 0 N–H and O–H groups in total. The normalized spacial score (nSPS) is 12.8. The first-order valence-corrected chi connectivity index (χ1v) is 30.7. The molecule has 0 aromatic rings. The minimum Gasteiger partial charge on any atom is -0.462 e. The first kappa shape index (κ1) is 69.3. The minimum atomic E-state index is -0.796. The topological polar surface area (TPSA) is 78.9 Å². The molecule has 0 fully saturated rings. The first-order valence-electron chi connectivity index (χ1n) is 30.7. The van der Waals surface area contributed by atoms with E-state index in [1.54, 1.807) is 0 Å². The summed E-state index contributed by atoms with van der Waals surface area (Å²) in [6.07, 6.45) is 81.0. The van der Waals surface area contributed by atoms with Gasteiger partial charge in [-0.15, -0.1) is 0 Å². The van der Waals surface area contributed by atoms with E-state index in [-0.39, 0.29) is 31.1 Å². The molecule has 0 aliphatic heterocycles. The van der Waals surface area contributed by atoms with E-state index in [9.17, 15) is 14.4 Å². The molecule has 0 aliphatic carbocycles. The van der Waals surface area contributed by atoms with Gasteiger partial charge in [0, 0.05) is 19.3 Å². The van der Waals surface area contributed by atoms with Crippen LogP contribution in [-0.4, -0.2) is 37.2 Å². The zero-order valence-corrected chi connectivity index (χ0v) is 47.9. The second-order valence-electron chi connectivity index (χ2n) is 20.2. The van der Waals surface area contributed by atoms with Crippen LogP contribution in [0.5, 0.6) is 0 Å². The highest BCUT2D eigenvalue weighted by molar-refractivity contribution is 5.71. The average molecular weight is 1020 g/mol. The Morgan fingerprint density at radius 2 is 0.493 bits per heavy atom. The van der Waals surface area contributed by atoms with Gasteiger partial charge in [0.15, 0.2) is 6.10 Å². The van der Waals surface area contributed by atoms with Crippen LogP contribution in [-0.2, 0) is 28.6 Å². The van der Waals surface area contributed by atoms with E-state index in [4.69, 9.17) is 14.2 Å². The Morgan fingerprint density at radius 3 is 0.767 bits per heavy atom. The number of carbonyl (C=O) groups excluding carboxylic acids is 3. The van der Waals surface area contributed by atoms with Gasteiger partial charge in [0.05, 0.1) is 0 Å². The van der Waals surface area contributed by atoms with Crippen molar-refractivity contribution >= 4 is 17.9 Å². The highest BCUT2D eigenvalue weighted by atomic mass is 16.6. The van der Waals surface area contributed by atoms with Crippen molar-refractivity contribution in [2.75, 3.05) is 13.2 Å². The van der Waals surface area contributed by atoms with Crippen molar-refractivity contribution in [2.45, 2.75) is 297 Å². The van der Waals surface area contributed by atoms with E-state index >= 15 is 0 Å². The molecule has 0 unspecified atom stereocenters. The molecule has 1 atom stereocenters. The van der Waals surface area contributed by atoms with Crippen LogP contribution in [0.1, 0.15) is 290 Å². The van der Waals surface area contributed by atoms with E-state index < -0.39 is 6.10 Å². The molecule has 0 rings (SSSR count). The molecule has 0 aliphatic rings. The zero-order chi connectivity index (χ0) is 52.9. The number of ether oxygens (including phenoxy) is 3. The fraction of sp³-hybridized carbons (Fsp3) is 0.716. The highest BCUT2D eigenvalue weighted by Gasteiger charge is 2.19. The van der Waals surface area contributed by atoms with E-state index in [2.05, 4.69) is 118 Å². The van der Waals surface area contributed by atoms with Crippen LogP contribution >= 0.6 is 0 Å². The third-order valence-corrected chi connectivity index (χ3v) is 13.0.